The summed E-state index contributed by atoms with van der Waals surface area (Å²) in [5.41, 5.74) is 2.24. The molecular formula is C23H21BrN2O4S. The summed E-state index contributed by atoms with van der Waals surface area (Å²) in [5, 5.41) is 4.58. The van der Waals surface area contributed by atoms with Crippen LogP contribution in [0.25, 0.3) is 0 Å². The Kier molecular flexibility index (Phi) is 6.02. The molecule has 4 rings (SSSR count). The average Bonchev–Trinajstić information content (AvgIpc) is 3.25. The first-order valence-electron chi connectivity index (χ1n) is 9.59. The fourth-order valence-electron chi connectivity index (χ4n) is 3.63. The normalized spacial score (nSPS) is 16.2. The van der Waals surface area contributed by atoms with E-state index in [-0.39, 0.29) is 4.90 Å². The third kappa shape index (κ3) is 4.05. The molecule has 0 aliphatic carbocycles. The van der Waals surface area contributed by atoms with Crippen molar-refractivity contribution in [2.45, 2.75) is 17.4 Å². The molecule has 8 heteroatoms. The summed E-state index contributed by atoms with van der Waals surface area (Å²) in [5.74, 6) is 1.03. The summed E-state index contributed by atoms with van der Waals surface area (Å²) >= 11 is 3.43. The van der Waals surface area contributed by atoms with Gasteiger partial charge >= 0.3 is 0 Å². The van der Waals surface area contributed by atoms with Crippen molar-refractivity contribution in [3.8, 4) is 11.5 Å². The summed E-state index contributed by atoms with van der Waals surface area (Å²) in [4.78, 5) is 0.183. The predicted molar refractivity (Wildman–Crippen MR) is 123 cm³/mol. The maximum Gasteiger partial charge on any atom is 0.279 e. The molecule has 0 saturated carbocycles. The second kappa shape index (κ2) is 8.72. The topological polar surface area (TPSA) is 68.2 Å². The molecule has 1 heterocycles. The first-order valence-corrected chi connectivity index (χ1v) is 11.8. The zero-order chi connectivity index (χ0) is 22.0. The SMILES string of the molecule is COc1cccc(C2CC(c3ccc(Br)cc3)=NN2S(=O)(=O)c2ccccc2)c1OC. The van der Waals surface area contributed by atoms with E-state index < -0.39 is 16.1 Å². The Hall–Kier alpha value is -2.84. The van der Waals surface area contributed by atoms with Gasteiger partial charge in [0, 0.05) is 16.5 Å². The quantitative estimate of drug-likeness (QED) is 0.477. The molecule has 1 aliphatic heterocycles. The van der Waals surface area contributed by atoms with Crippen LogP contribution >= 0.6 is 15.9 Å². The van der Waals surface area contributed by atoms with E-state index in [1.54, 1.807) is 50.6 Å². The van der Waals surface area contributed by atoms with Gasteiger partial charge < -0.3 is 9.47 Å². The number of hydrogen-bond donors (Lipinski definition) is 0. The fourth-order valence-corrected chi connectivity index (χ4v) is 5.34. The van der Waals surface area contributed by atoms with Crippen molar-refractivity contribution >= 4 is 31.7 Å². The Morgan fingerprint density at radius 3 is 2.29 bits per heavy atom. The summed E-state index contributed by atoms with van der Waals surface area (Å²) in [6, 6.07) is 20.8. The Balaban J connectivity index is 1.85. The monoisotopic (exact) mass is 500 g/mol. The third-order valence-corrected chi connectivity index (χ3v) is 7.35. The Morgan fingerprint density at radius 1 is 0.935 bits per heavy atom. The largest absolute Gasteiger partial charge is 0.493 e. The number of nitrogens with zero attached hydrogens (tertiary/aromatic N) is 2. The van der Waals surface area contributed by atoms with Gasteiger partial charge in [0.25, 0.3) is 10.0 Å². The molecule has 0 amide bonds. The number of methoxy groups -OCH3 is 2. The van der Waals surface area contributed by atoms with E-state index in [4.69, 9.17) is 9.47 Å². The Bertz CT molecular complexity index is 1210. The van der Waals surface area contributed by atoms with Crippen molar-refractivity contribution < 1.29 is 17.9 Å². The highest BCUT2D eigenvalue weighted by atomic mass is 79.9. The lowest BCUT2D eigenvalue weighted by molar-refractivity contribution is 0.328. The number of para-hydroxylation sites is 1. The lowest BCUT2D eigenvalue weighted by Crippen LogP contribution is -2.27. The van der Waals surface area contributed by atoms with E-state index in [0.717, 1.165) is 10.0 Å². The number of hydrazone groups is 1. The molecule has 1 unspecified atom stereocenters. The zero-order valence-electron chi connectivity index (χ0n) is 17.0. The minimum Gasteiger partial charge on any atom is -0.493 e. The van der Waals surface area contributed by atoms with Gasteiger partial charge in [-0.05, 0) is 35.9 Å². The second-order valence-corrected chi connectivity index (χ2v) is 9.66. The van der Waals surface area contributed by atoms with Gasteiger partial charge in [-0.3, -0.25) is 0 Å². The first kappa shape index (κ1) is 21.4. The molecule has 0 radical (unpaired) electrons. The number of rotatable bonds is 6. The molecule has 0 saturated heterocycles. The van der Waals surface area contributed by atoms with Crippen LogP contribution in [0.15, 0.2) is 87.3 Å². The third-order valence-electron chi connectivity index (χ3n) is 5.13. The highest BCUT2D eigenvalue weighted by Gasteiger charge is 2.39. The number of ether oxygens (including phenoxy) is 2. The van der Waals surface area contributed by atoms with Crippen LogP contribution in [-0.2, 0) is 10.0 Å². The van der Waals surface area contributed by atoms with E-state index in [2.05, 4.69) is 21.0 Å². The van der Waals surface area contributed by atoms with Crippen molar-refractivity contribution in [1.82, 2.24) is 4.41 Å². The lowest BCUT2D eigenvalue weighted by Gasteiger charge is -2.25. The molecule has 0 fully saturated rings. The van der Waals surface area contributed by atoms with E-state index in [1.807, 2.05) is 36.4 Å². The van der Waals surface area contributed by atoms with Crippen molar-refractivity contribution in [3.05, 3.63) is 88.4 Å². The van der Waals surface area contributed by atoms with Crippen molar-refractivity contribution in [1.29, 1.82) is 0 Å². The highest BCUT2D eigenvalue weighted by Crippen LogP contribution is 2.43. The molecule has 0 spiro atoms. The smallest absolute Gasteiger partial charge is 0.279 e. The van der Waals surface area contributed by atoms with Gasteiger partial charge in [0.2, 0.25) is 0 Å². The van der Waals surface area contributed by atoms with Crippen LogP contribution in [0.4, 0.5) is 0 Å². The summed E-state index contributed by atoms with van der Waals surface area (Å²) < 4.78 is 40.2. The van der Waals surface area contributed by atoms with Gasteiger partial charge in [-0.1, -0.05) is 58.4 Å². The van der Waals surface area contributed by atoms with E-state index in [0.29, 0.717) is 29.2 Å². The van der Waals surface area contributed by atoms with Crippen LogP contribution in [0.2, 0.25) is 0 Å². The van der Waals surface area contributed by atoms with Crippen LogP contribution in [0.1, 0.15) is 23.6 Å². The number of sulfonamides is 1. The second-order valence-electron chi connectivity index (χ2n) is 6.95. The zero-order valence-corrected chi connectivity index (χ0v) is 19.4. The first-order chi connectivity index (χ1) is 15.0. The number of benzene rings is 3. The molecule has 0 bridgehead atoms. The summed E-state index contributed by atoms with van der Waals surface area (Å²) in [6.07, 6.45) is 0.400. The Morgan fingerprint density at radius 2 is 1.65 bits per heavy atom. The summed E-state index contributed by atoms with van der Waals surface area (Å²) in [6.45, 7) is 0. The highest BCUT2D eigenvalue weighted by molar-refractivity contribution is 9.10. The minimum absolute atomic E-state index is 0.183. The predicted octanol–water partition coefficient (Wildman–Crippen LogP) is 5.01. The van der Waals surface area contributed by atoms with Gasteiger partial charge in [-0.2, -0.15) is 17.9 Å². The van der Waals surface area contributed by atoms with Gasteiger partial charge in [0.1, 0.15) is 0 Å². The fraction of sp³-hybridized carbons (Fsp3) is 0.174. The van der Waals surface area contributed by atoms with Gasteiger partial charge in [-0.25, -0.2) is 0 Å². The minimum atomic E-state index is -3.89. The molecule has 3 aromatic rings. The van der Waals surface area contributed by atoms with Crippen LogP contribution in [0.3, 0.4) is 0 Å². The molecule has 6 nitrogen and oxygen atoms in total. The standard InChI is InChI=1S/C23H21BrN2O4S/c1-29-22-10-6-9-19(23(22)30-2)21-15-20(16-11-13-17(24)14-12-16)25-26(21)31(27,28)18-7-4-3-5-8-18/h3-14,21H,15H2,1-2H3. The summed E-state index contributed by atoms with van der Waals surface area (Å²) in [7, 11) is -0.791. The molecule has 1 atom stereocenters. The molecule has 3 aromatic carbocycles. The van der Waals surface area contributed by atoms with Gasteiger partial charge in [0.05, 0.1) is 30.9 Å². The molecular weight excluding hydrogens is 480 g/mol. The molecule has 160 valence electrons. The van der Waals surface area contributed by atoms with Crippen molar-refractivity contribution in [3.63, 3.8) is 0 Å². The van der Waals surface area contributed by atoms with Gasteiger partial charge in [-0.15, -0.1) is 0 Å². The van der Waals surface area contributed by atoms with Crippen LogP contribution in [0, 0.1) is 0 Å². The Labute approximate surface area is 190 Å². The molecule has 0 aromatic heterocycles. The number of hydrogen-bond acceptors (Lipinski definition) is 5. The van der Waals surface area contributed by atoms with E-state index in [9.17, 15) is 8.42 Å². The van der Waals surface area contributed by atoms with Crippen LogP contribution < -0.4 is 9.47 Å². The molecule has 1 aliphatic rings. The van der Waals surface area contributed by atoms with Crippen molar-refractivity contribution in [2.75, 3.05) is 14.2 Å². The van der Waals surface area contributed by atoms with Crippen LogP contribution in [0.5, 0.6) is 11.5 Å². The maximum absolute atomic E-state index is 13.5. The molecule has 31 heavy (non-hydrogen) atoms. The maximum atomic E-state index is 13.5. The lowest BCUT2D eigenvalue weighted by atomic mass is 9.98. The molecule has 0 N–H and O–H groups in total. The van der Waals surface area contributed by atoms with E-state index >= 15 is 0 Å². The average molecular weight is 501 g/mol. The number of halogens is 1. The van der Waals surface area contributed by atoms with Gasteiger partial charge in [0.15, 0.2) is 11.5 Å². The van der Waals surface area contributed by atoms with E-state index in [1.165, 1.54) is 4.41 Å². The van der Waals surface area contributed by atoms with Crippen molar-refractivity contribution in [2.24, 2.45) is 5.10 Å². The van der Waals surface area contributed by atoms with Crippen LogP contribution in [-0.4, -0.2) is 32.8 Å².